The van der Waals surface area contributed by atoms with Gasteiger partial charge in [-0.2, -0.15) is 0 Å². The zero-order valence-corrected chi connectivity index (χ0v) is 14.5. The molecule has 1 heterocycles. The average Bonchev–Trinajstić information content (AvgIpc) is 2.58. The molecule has 2 atom stereocenters. The lowest BCUT2D eigenvalue weighted by molar-refractivity contribution is 0.185. The van der Waals surface area contributed by atoms with Gasteiger partial charge in [-0.25, -0.2) is 0 Å². The van der Waals surface area contributed by atoms with Gasteiger partial charge < -0.3 is 20.1 Å². The number of guanidine groups is 1. The first-order valence-corrected chi connectivity index (χ1v) is 8.49. The summed E-state index contributed by atoms with van der Waals surface area (Å²) in [4.78, 5) is 6.95. The predicted octanol–water partition coefficient (Wildman–Crippen LogP) is 2.43. The molecule has 5 heteroatoms. The lowest BCUT2D eigenvalue weighted by Gasteiger charge is -2.33. The van der Waals surface area contributed by atoms with Crippen LogP contribution in [0.1, 0.15) is 38.4 Å². The largest absolute Gasteiger partial charge is 0.497 e. The highest BCUT2D eigenvalue weighted by Crippen LogP contribution is 2.20. The molecule has 5 nitrogen and oxygen atoms in total. The molecule has 1 fully saturated rings. The topological polar surface area (TPSA) is 57.1 Å². The molecule has 0 saturated carbocycles. The second-order valence-electron chi connectivity index (χ2n) is 6.18. The number of ether oxygens (including phenoxy) is 1. The second kappa shape index (κ2) is 8.77. The monoisotopic (exact) mass is 319 g/mol. The summed E-state index contributed by atoms with van der Waals surface area (Å²) in [5.41, 5.74) is 0.830. The van der Waals surface area contributed by atoms with Crippen molar-refractivity contribution in [2.45, 2.75) is 32.8 Å². The number of rotatable bonds is 5. The zero-order valence-electron chi connectivity index (χ0n) is 14.5. The number of methoxy groups -OCH3 is 1. The van der Waals surface area contributed by atoms with Gasteiger partial charge in [0.25, 0.3) is 0 Å². The fourth-order valence-corrected chi connectivity index (χ4v) is 2.93. The smallest absolute Gasteiger partial charge is 0.194 e. The first-order valence-electron chi connectivity index (χ1n) is 8.49. The van der Waals surface area contributed by atoms with Crippen molar-refractivity contribution in [2.75, 3.05) is 33.3 Å². The Morgan fingerprint density at radius 1 is 1.52 bits per heavy atom. The van der Waals surface area contributed by atoms with Crippen molar-refractivity contribution in [1.29, 1.82) is 0 Å². The molecule has 1 aromatic rings. The van der Waals surface area contributed by atoms with Gasteiger partial charge in [0, 0.05) is 19.6 Å². The minimum atomic E-state index is -0.624. The van der Waals surface area contributed by atoms with Crippen LogP contribution in [0.15, 0.2) is 29.3 Å². The molecule has 2 N–H and O–H groups in total. The Morgan fingerprint density at radius 2 is 2.35 bits per heavy atom. The Hall–Kier alpha value is -1.75. The highest BCUT2D eigenvalue weighted by molar-refractivity contribution is 5.80. The highest BCUT2D eigenvalue weighted by Gasteiger charge is 2.19. The summed E-state index contributed by atoms with van der Waals surface area (Å²) in [5.74, 6) is 2.35. The third-order valence-corrected chi connectivity index (χ3v) is 4.18. The summed E-state index contributed by atoms with van der Waals surface area (Å²) < 4.78 is 5.21. The Kier molecular flexibility index (Phi) is 6.71. The molecular formula is C18H29N3O2. The number of aliphatic hydroxyl groups is 1. The SMILES string of the molecule is CCNC(=NCC(O)c1cccc(OC)c1)N1CCCC(C)C1. The number of hydrogen-bond acceptors (Lipinski definition) is 3. The molecule has 1 aliphatic rings. The van der Waals surface area contributed by atoms with Crippen LogP contribution >= 0.6 is 0 Å². The number of hydrogen-bond donors (Lipinski definition) is 2. The number of aliphatic imine (C=N–C) groups is 1. The van der Waals surface area contributed by atoms with Crippen LogP contribution in [0.2, 0.25) is 0 Å². The van der Waals surface area contributed by atoms with Crippen LogP contribution in [0.3, 0.4) is 0 Å². The molecule has 0 radical (unpaired) electrons. The van der Waals surface area contributed by atoms with E-state index in [4.69, 9.17) is 4.74 Å². The highest BCUT2D eigenvalue weighted by atomic mass is 16.5. The second-order valence-corrected chi connectivity index (χ2v) is 6.18. The van der Waals surface area contributed by atoms with E-state index >= 15 is 0 Å². The van der Waals surface area contributed by atoms with E-state index in [9.17, 15) is 5.11 Å². The van der Waals surface area contributed by atoms with E-state index in [0.29, 0.717) is 12.5 Å². The van der Waals surface area contributed by atoms with E-state index in [2.05, 4.69) is 29.1 Å². The number of likely N-dealkylation sites (tertiary alicyclic amines) is 1. The number of benzene rings is 1. The Labute approximate surface area is 139 Å². The first-order chi connectivity index (χ1) is 11.1. The number of nitrogens with zero attached hydrogens (tertiary/aromatic N) is 2. The Balaban J connectivity index is 2.03. The van der Waals surface area contributed by atoms with Crippen LogP contribution in [0.4, 0.5) is 0 Å². The van der Waals surface area contributed by atoms with E-state index < -0.39 is 6.10 Å². The van der Waals surface area contributed by atoms with Gasteiger partial charge in [0.05, 0.1) is 19.8 Å². The minimum Gasteiger partial charge on any atom is -0.497 e. The first kappa shape index (κ1) is 17.6. The molecule has 1 aliphatic heterocycles. The molecule has 23 heavy (non-hydrogen) atoms. The molecule has 1 saturated heterocycles. The van der Waals surface area contributed by atoms with Crippen molar-refractivity contribution >= 4 is 5.96 Å². The lowest BCUT2D eigenvalue weighted by atomic mass is 10.0. The molecule has 0 aromatic heterocycles. The van der Waals surface area contributed by atoms with Crippen LogP contribution in [0, 0.1) is 5.92 Å². The van der Waals surface area contributed by atoms with Crippen molar-refractivity contribution in [3.05, 3.63) is 29.8 Å². The van der Waals surface area contributed by atoms with Crippen LogP contribution in [0.25, 0.3) is 0 Å². The number of aliphatic hydroxyl groups excluding tert-OH is 1. The molecule has 0 amide bonds. The number of nitrogens with one attached hydrogen (secondary N) is 1. The summed E-state index contributed by atoms with van der Waals surface area (Å²) in [6.45, 7) is 7.59. The minimum absolute atomic E-state index is 0.348. The standard InChI is InChI=1S/C18H29N3O2/c1-4-19-18(21-10-6-7-14(2)13-21)20-12-17(22)15-8-5-9-16(11-15)23-3/h5,8-9,11,14,17,22H,4,6-7,10,12-13H2,1-3H3,(H,19,20). The van der Waals surface area contributed by atoms with E-state index in [1.54, 1.807) is 7.11 Å². The molecule has 128 valence electrons. The predicted molar refractivity (Wildman–Crippen MR) is 93.9 cm³/mol. The van der Waals surface area contributed by atoms with Gasteiger partial charge in [0.15, 0.2) is 5.96 Å². The van der Waals surface area contributed by atoms with Crippen molar-refractivity contribution in [2.24, 2.45) is 10.9 Å². The average molecular weight is 319 g/mol. The maximum atomic E-state index is 10.4. The van der Waals surface area contributed by atoms with Crippen molar-refractivity contribution < 1.29 is 9.84 Å². The van der Waals surface area contributed by atoms with Gasteiger partial charge in [-0.3, -0.25) is 4.99 Å². The van der Waals surface area contributed by atoms with Gasteiger partial charge in [0.2, 0.25) is 0 Å². The fourth-order valence-electron chi connectivity index (χ4n) is 2.93. The van der Waals surface area contributed by atoms with Gasteiger partial charge in [-0.15, -0.1) is 0 Å². The lowest BCUT2D eigenvalue weighted by Crippen LogP contribution is -2.46. The van der Waals surface area contributed by atoms with Gasteiger partial charge >= 0.3 is 0 Å². The third-order valence-electron chi connectivity index (χ3n) is 4.18. The van der Waals surface area contributed by atoms with Crippen LogP contribution in [0.5, 0.6) is 5.75 Å². The quantitative estimate of drug-likeness (QED) is 0.646. The maximum Gasteiger partial charge on any atom is 0.194 e. The molecule has 0 aliphatic carbocycles. The fraction of sp³-hybridized carbons (Fsp3) is 0.611. The summed E-state index contributed by atoms with van der Waals surface area (Å²) in [6, 6.07) is 7.52. The maximum absolute atomic E-state index is 10.4. The summed E-state index contributed by atoms with van der Waals surface area (Å²) in [7, 11) is 1.63. The van der Waals surface area contributed by atoms with Crippen molar-refractivity contribution in [3.8, 4) is 5.75 Å². The zero-order chi connectivity index (χ0) is 16.7. The van der Waals surface area contributed by atoms with Crippen LogP contribution < -0.4 is 10.1 Å². The van der Waals surface area contributed by atoms with Gasteiger partial charge in [0.1, 0.15) is 5.75 Å². The van der Waals surface area contributed by atoms with Gasteiger partial charge in [-0.1, -0.05) is 19.1 Å². The van der Waals surface area contributed by atoms with E-state index in [-0.39, 0.29) is 0 Å². The van der Waals surface area contributed by atoms with E-state index in [1.165, 1.54) is 12.8 Å². The van der Waals surface area contributed by atoms with E-state index in [0.717, 1.165) is 36.9 Å². The van der Waals surface area contributed by atoms with Crippen molar-refractivity contribution in [3.63, 3.8) is 0 Å². The van der Waals surface area contributed by atoms with E-state index in [1.807, 2.05) is 24.3 Å². The molecule has 2 rings (SSSR count). The molecule has 0 spiro atoms. The van der Waals surface area contributed by atoms with Crippen LogP contribution in [-0.2, 0) is 0 Å². The summed E-state index contributed by atoms with van der Waals surface area (Å²) in [5, 5.41) is 13.7. The third kappa shape index (κ3) is 5.13. The van der Waals surface area contributed by atoms with Gasteiger partial charge in [-0.05, 0) is 43.4 Å². The molecular weight excluding hydrogens is 290 g/mol. The molecule has 1 aromatic carbocycles. The van der Waals surface area contributed by atoms with Crippen LogP contribution in [-0.4, -0.2) is 49.3 Å². The summed E-state index contributed by atoms with van der Waals surface area (Å²) >= 11 is 0. The Morgan fingerprint density at radius 3 is 3.04 bits per heavy atom. The molecule has 2 unspecified atom stereocenters. The Bertz CT molecular complexity index is 519. The summed E-state index contributed by atoms with van der Waals surface area (Å²) in [6.07, 6.45) is 1.85. The van der Waals surface area contributed by atoms with Crippen molar-refractivity contribution in [1.82, 2.24) is 10.2 Å². The normalized spacial score (nSPS) is 20.3. The molecule has 0 bridgehead atoms. The number of piperidine rings is 1.